The first-order chi connectivity index (χ1) is 18.8. The number of anilines is 1. The highest BCUT2D eigenvalue weighted by Gasteiger charge is 2.54. The molecule has 2 aliphatic rings. The van der Waals surface area contributed by atoms with Crippen molar-refractivity contribution in [3.63, 3.8) is 0 Å². The molecule has 2 aliphatic heterocycles. The molecule has 2 atom stereocenters. The zero-order valence-corrected chi connectivity index (χ0v) is 22.9. The van der Waals surface area contributed by atoms with Crippen molar-refractivity contribution < 1.29 is 47.0 Å². The molecule has 8 N–H and O–H groups in total. The molecule has 2 aromatic heterocycles. The minimum absolute atomic E-state index is 0.122. The smallest absolute Gasteiger partial charge is 0.394 e. The van der Waals surface area contributed by atoms with Crippen LogP contribution in [0.2, 0.25) is 0 Å². The third-order valence-corrected chi connectivity index (χ3v) is 7.37. The number of carbonyl (C=O) groups is 3. The monoisotopic (exact) mass is 620 g/mol. The van der Waals surface area contributed by atoms with Gasteiger partial charge in [-0.05, 0) is 11.6 Å². The molecule has 0 radical (unpaired) electrons. The highest BCUT2D eigenvalue weighted by atomic mass is 32.3. The molecule has 40 heavy (non-hydrogen) atoms. The van der Waals surface area contributed by atoms with Gasteiger partial charge in [0.1, 0.15) is 35.4 Å². The summed E-state index contributed by atoms with van der Waals surface area (Å²) in [6.07, 6.45) is 1.62. The van der Waals surface area contributed by atoms with Gasteiger partial charge in [0.2, 0.25) is 0 Å². The molecule has 0 spiro atoms. The van der Waals surface area contributed by atoms with Crippen molar-refractivity contribution in [2.24, 2.45) is 5.16 Å². The Morgan fingerprint density at radius 1 is 1.38 bits per heavy atom. The highest BCUT2D eigenvalue weighted by molar-refractivity contribution is 8.00. The number of amides is 2. The maximum absolute atomic E-state index is 13.0. The second-order valence-electron chi connectivity index (χ2n) is 7.90. The van der Waals surface area contributed by atoms with Crippen molar-refractivity contribution in [3.05, 3.63) is 40.1 Å². The number of aromatic nitrogens is 3. The molecule has 2 aromatic rings. The standard InChI is InChI=1S/C19H22N8O6S2.H2O4S/c1-33-24-12(10-8-35-19(21)22-10)15(29)23-13-16(30)27-14(18(31)32)9(7-34-17(13)27)6-25-3-2-11(20)26(25)4-5-28;1-5(2,3)4/h2-3,8,13,17,20,28H,4-7H2,1H3,(H2,21,22)(H,23,29)(H,31,32);(H2,1,2,3,4). The van der Waals surface area contributed by atoms with Crippen LogP contribution >= 0.6 is 23.1 Å². The summed E-state index contributed by atoms with van der Waals surface area (Å²) in [5.41, 5.74) is 6.14. The predicted molar refractivity (Wildman–Crippen MR) is 139 cm³/mol. The van der Waals surface area contributed by atoms with Crippen molar-refractivity contribution in [1.82, 2.24) is 24.6 Å². The average Bonchev–Trinajstić information content (AvgIpc) is 3.45. The molecule has 0 aliphatic carbocycles. The number of aliphatic carboxylic acids is 1. The second-order valence-corrected chi connectivity index (χ2v) is 10.8. The number of carboxylic acid groups (broad SMARTS) is 1. The van der Waals surface area contributed by atoms with E-state index in [1.807, 2.05) is 0 Å². The molecule has 18 nitrogen and oxygen atoms in total. The van der Waals surface area contributed by atoms with Crippen LogP contribution in [0.5, 0.6) is 0 Å². The van der Waals surface area contributed by atoms with E-state index in [9.17, 15) is 24.6 Å². The number of carbonyl (C=O) groups excluding carboxylic acids is 2. The molecular formula is C19H24N8O10S3. The largest absolute Gasteiger partial charge is 0.477 e. The molecule has 2 amide bonds. The first-order valence-electron chi connectivity index (χ1n) is 10.9. The third-order valence-electron chi connectivity index (χ3n) is 5.36. The number of nitrogens with zero attached hydrogens (tertiary/aromatic N) is 5. The number of oxime groups is 1. The fourth-order valence-corrected chi connectivity index (χ4v) is 5.73. The molecule has 4 heterocycles. The summed E-state index contributed by atoms with van der Waals surface area (Å²) in [7, 11) is -3.40. The zero-order chi connectivity index (χ0) is 29.8. The van der Waals surface area contributed by atoms with Gasteiger partial charge in [0, 0.05) is 17.3 Å². The SMILES string of the molecule is CON=C(C(=O)NC1C(=O)N2C(C(=O)O)=C(Cn3ccc(=N)n3CCO)CSC12)c1csc(N)n1.O=S(=O)(O)O. The van der Waals surface area contributed by atoms with E-state index >= 15 is 0 Å². The molecule has 0 aromatic carbocycles. The number of nitrogens with one attached hydrogen (secondary N) is 2. The van der Waals surface area contributed by atoms with Crippen molar-refractivity contribution in [2.45, 2.75) is 24.5 Å². The van der Waals surface area contributed by atoms with Gasteiger partial charge in [0.05, 0.1) is 19.7 Å². The number of nitrogens with two attached hydrogens (primary N) is 1. The molecule has 1 fully saturated rings. The lowest BCUT2D eigenvalue weighted by atomic mass is 10.0. The van der Waals surface area contributed by atoms with Gasteiger partial charge < -0.3 is 26.1 Å². The lowest BCUT2D eigenvalue weighted by Crippen LogP contribution is -2.71. The van der Waals surface area contributed by atoms with E-state index in [0.29, 0.717) is 5.57 Å². The van der Waals surface area contributed by atoms with E-state index in [2.05, 4.69) is 15.5 Å². The van der Waals surface area contributed by atoms with Crippen molar-refractivity contribution in [1.29, 1.82) is 5.41 Å². The first kappa shape index (κ1) is 30.8. The molecule has 21 heteroatoms. The van der Waals surface area contributed by atoms with Crippen LogP contribution in [0.15, 0.2) is 34.1 Å². The first-order valence-corrected chi connectivity index (χ1v) is 14.2. The molecule has 1 saturated heterocycles. The molecule has 2 unspecified atom stereocenters. The summed E-state index contributed by atoms with van der Waals surface area (Å²) in [6, 6.07) is 0.567. The maximum atomic E-state index is 13.0. The molecule has 0 bridgehead atoms. The lowest BCUT2D eigenvalue weighted by Gasteiger charge is -2.49. The van der Waals surface area contributed by atoms with Crippen LogP contribution in [0.1, 0.15) is 5.69 Å². The number of fused-ring (bicyclic) bond motifs is 1. The quantitative estimate of drug-likeness (QED) is 0.0688. The molecular weight excluding hydrogens is 596 g/mol. The fraction of sp³-hybridized carbons (Fsp3) is 0.368. The van der Waals surface area contributed by atoms with E-state index in [-0.39, 0.29) is 53.2 Å². The van der Waals surface area contributed by atoms with Gasteiger partial charge in [-0.25, -0.2) is 9.78 Å². The normalized spacial score (nSPS) is 18.9. The zero-order valence-electron chi connectivity index (χ0n) is 20.5. The molecule has 0 saturated carbocycles. The van der Waals surface area contributed by atoms with Crippen molar-refractivity contribution >= 4 is 62.1 Å². The Hall–Kier alpha value is -3.76. The number of thiazole rings is 1. The van der Waals surface area contributed by atoms with Crippen LogP contribution in [0.3, 0.4) is 0 Å². The van der Waals surface area contributed by atoms with Crippen LogP contribution in [0, 0.1) is 5.41 Å². The van der Waals surface area contributed by atoms with E-state index in [1.54, 1.807) is 10.9 Å². The summed E-state index contributed by atoms with van der Waals surface area (Å²) in [6.45, 7) is 0.108. The fourth-order valence-electron chi connectivity index (χ4n) is 3.85. The highest BCUT2D eigenvalue weighted by Crippen LogP contribution is 2.40. The third kappa shape index (κ3) is 7.05. The van der Waals surface area contributed by atoms with Crippen LogP contribution in [-0.4, -0.2) is 101 Å². The number of carboxylic acids is 1. The number of aliphatic hydroxyl groups is 1. The van der Waals surface area contributed by atoms with E-state index in [4.69, 9.17) is 33.5 Å². The van der Waals surface area contributed by atoms with E-state index in [1.165, 1.54) is 35.0 Å². The Balaban J connectivity index is 0.000000810. The van der Waals surface area contributed by atoms with Crippen LogP contribution in [0.25, 0.3) is 0 Å². The van der Waals surface area contributed by atoms with Gasteiger partial charge in [0.25, 0.3) is 11.8 Å². The lowest BCUT2D eigenvalue weighted by molar-refractivity contribution is -0.150. The number of β-lactam (4-membered cyclic amide) rings is 1. The summed E-state index contributed by atoms with van der Waals surface area (Å²) in [5.74, 6) is -2.26. The Bertz CT molecular complexity index is 1520. The van der Waals surface area contributed by atoms with Crippen LogP contribution in [0.4, 0.5) is 5.13 Å². The Morgan fingerprint density at radius 2 is 2.05 bits per heavy atom. The van der Waals surface area contributed by atoms with Gasteiger partial charge in [-0.2, -0.15) is 8.42 Å². The van der Waals surface area contributed by atoms with Gasteiger partial charge in [-0.15, -0.1) is 23.1 Å². The van der Waals surface area contributed by atoms with Crippen molar-refractivity contribution in [3.8, 4) is 0 Å². The van der Waals surface area contributed by atoms with Crippen LogP contribution in [-0.2, 0) is 42.7 Å². The molecule has 4 rings (SSSR count). The van der Waals surface area contributed by atoms with Crippen molar-refractivity contribution in [2.75, 3.05) is 25.2 Å². The topological polar surface area (TPSA) is 276 Å². The number of hydrogen-bond acceptors (Lipinski definition) is 13. The van der Waals surface area contributed by atoms with Gasteiger partial charge in [-0.1, -0.05) is 5.16 Å². The minimum Gasteiger partial charge on any atom is -0.477 e. The summed E-state index contributed by atoms with van der Waals surface area (Å²) < 4.78 is 34.7. The van der Waals surface area contributed by atoms with Crippen LogP contribution < -0.4 is 16.5 Å². The maximum Gasteiger partial charge on any atom is 0.394 e. The number of aliphatic hydroxyl groups excluding tert-OH is 1. The minimum atomic E-state index is -4.67. The van der Waals surface area contributed by atoms with E-state index in [0.717, 1.165) is 16.2 Å². The Morgan fingerprint density at radius 3 is 2.60 bits per heavy atom. The van der Waals surface area contributed by atoms with E-state index < -0.39 is 39.6 Å². The Kier molecular flexibility index (Phi) is 9.70. The average molecular weight is 621 g/mol. The second kappa shape index (κ2) is 12.6. The van der Waals surface area contributed by atoms with Gasteiger partial charge in [-0.3, -0.25) is 38.4 Å². The summed E-state index contributed by atoms with van der Waals surface area (Å²) in [4.78, 5) is 47.8. The number of hydrogen-bond donors (Lipinski definition) is 7. The van der Waals surface area contributed by atoms with Gasteiger partial charge >= 0.3 is 16.4 Å². The molecule has 218 valence electrons. The summed E-state index contributed by atoms with van der Waals surface area (Å²) >= 11 is 2.43. The summed E-state index contributed by atoms with van der Waals surface area (Å²) in [5, 5.41) is 34.5. The number of thioether (sulfide) groups is 1. The number of nitrogen functional groups attached to an aromatic ring is 1. The van der Waals surface area contributed by atoms with Gasteiger partial charge in [0.15, 0.2) is 10.8 Å². The predicted octanol–water partition coefficient (Wildman–Crippen LogP) is -2.06. The number of rotatable bonds is 9. The Labute approximate surface area is 233 Å².